The molecular formula is C38H36BP. The molecule has 40 heavy (non-hydrogen) atoms. The van der Waals surface area contributed by atoms with E-state index in [1.165, 1.54) is 32.5 Å². The van der Waals surface area contributed by atoms with Gasteiger partial charge in [0.15, 0.2) is 0 Å². The van der Waals surface area contributed by atoms with Crippen LogP contribution in [-0.2, 0) is 0 Å². The van der Waals surface area contributed by atoms with Crippen LogP contribution < -0.4 is 32.5 Å². The summed E-state index contributed by atoms with van der Waals surface area (Å²) in [5.74, 6) is 0. The Morgan fingerprint density at radius 1 is 0.300 bits per heavy atom. The Hall–Kier alpha value is -4.19. The fourth-order valence-electron chi connectivity index (χ4n) is 5.87. The summed E-state index contributed by atoms with van der Waals surface area (Å²) < 4.78 is 0. The number of rotatable bonds is 6. The standard InChI is InChI=1S/C24H20B.C14H16P/c1-5-13-21(14-6-1)25(22-15-7-2-8-16-22,23-17-9-3-10-18-23)24-19-11-4-12-20-24;1-15(2,13-9-5-3-6-10-13)14-11-7-4-8-12-14/h1-20H;3-12H,1-2H3/q-1;+1. The third kappa shape index (κ3) is 5.72. The highest BCUT2D eigenvalue weighted by Gasteiger charge is 2.31. The van der Waals surface area contributed by atoms with Crippen LogP contribution in [0.2, 0.25) is 0 Å². The van der Waals surface area contributed by atoms with Crippen LogP contribution in [0.25, 0.3) is 0 Å². The minimum absolute atomic E-state index is 1.15. The highest BCUT2D eigenvalue weighted by molar-refractivity contribution is 7.88. The highest BCUT2D eigenvalue weighted by Crippen LogP contribution is 2.48. The van der Waals surface area contributed by atoms with Gasteiger partial charge in [-0.2, -0.15) is 21.9 Å². The first-order chi connectivity index (χ1) is 19.6. The summed E-state index contributed by atoms with van der Waals surface area (Å²) in [7, 11) is -1.15. The van der Waals surface area contributed by atoms with Gasteiger partial charge >= 0.3 is 0 Å². The molecule has 6 aromatic rings. The van der Waals surface area contributed by atoms with Crippen molar-refractivity contribution in [3.05, 3.63) is 182 Å². The molecule has 6 rings (SSSR count). The van der Waals surface area contributed by atoms with Crippen LogP contribution in [0, 0.1) is 0 Å². The largest absolute Gasteiger partial charge is 0.195 e. The first-order valence-corrected chi connectivity index (χ1v) is 16.6. The zero-order valence-electron chi connectivity index (χ0n) is 23.3. The third-order valence-corrected chi connectivity index (χ3v) is 11.2. The van der Waals surface area contributed by atoms with Gasteiger partial charge in [-0.1, -0.05) is 158 Å². The van der Waals surface area contributed by atoms with Gasteiger partial charge in [0.1, 0.15) is 6.15 Å². The first kappa shape index (κ1) is 27.4. The van der Waals surface area contributed by atoms with Crippen LogP contribution >= 0.6 is 7.26 Å². The minimum Gasteiger partial charge on any atom is -0.195 e. The Bertz CT molecular complexity index is 1360. The molecule has 0 unspecified atom stereocenters. The molecule has 0 nitrogen and oxygen atoms in total. The summed E-state index contributed by atoms with van der Waals surface area (Å²) in [6, 6.07) is 65.1. The quantitative estimate of drug-likeness (QED) is 0.182. The Balaban J connectivity index is 0.000000184. The van der Waals surface area contributed by atoms with Gasteiger partial charge in [-0.05, 0) is 24.3 Å². The van der Waals surface area contributed by atoms with Crippen molar-refractivity contribution in [2.45, 2.75) is 0 Å². The fourth-order valence-corrected chi connectivity index (χ4v) is 8.01. The van der Waals surface area contributed by atoms with E-state index in [2.05, 4.69) is 195 Å². The van der Waals surface area contributed by atoms with Crippen molar-refractivity contribution in [2.75, 3.05) is 13.3 Å². The monoisotopic (exact) mass is 534 g/mol. The molecule has 0 aliphatic carbocycles. The molecule has 0 heterocycles. The van der Waals surface area contributed by atoms with Crippen LogP contribution in [0.15, 0.2) is 182 Å². The van der Waals surface area contributed by atoms with E-state index < -0.39 is 13.4 Å². The van der Waals surface area contributed by atoms with Crippen molar-refractivity contribution in [1.29, 1.82) is 0 Å². The van der Waals surface area contributed by atoms with Crippen molar-refractivity contribution in [3.8, 4) is 0 Å². The number of hydrogen-bond acceptors (Lipinski definition) is 0. The maximum absolute atomic E-state index is 2.37. The summed E-state index contributed by atoms with van der Waals surface area (Å²) in [5, 5.41) is 2.94. The van der Waals surface area contributed by atoms with Gasteiger partial charge < -0.3 is 0 Å². The molecular weight excluding hydrogens is 498 g/mol. The van der Waals surface area contributed by atoms with Gasteiger partial charge in [0.25, 0.3) is 0 Å². The predicted molar refractivity (Wildman–Crippen MR) is 181 cm³/mol. The molecule has 2 heteroatoms. The van der Waals surface area contributed by atoms with E-state index >= 15 is 0 Å². The van der Waals surface area contributed by atoms with E-state index in [0.717, 1.165) is 0 Å². The van der Waals surface area contributed by atoms with Crippen molar-refractivity contribution in [1.82, 2.24) is 0 Å². The van der Waals surface area contributed by atoms with E-state index in [1.54, 1.807) is 0 Å². The van der Waals surface area contributed by atoms with Crippen LogP contribution in [0.5, 0.6) is 0 Å². The molecule has 0 aliphatic rings. The van der Waals surface area contributed by atoms with Crippen molar-refractivity contribution >= 4 is 45.9 Å². The van der Waals surface area contributed by atoms with Crippen molar-refractivity contribution in [2.24, 2.45) is 0 Å². The summed E-state index contributed by atoms with van der Waals surface area (Å²) >= 11 is 0. The van der Waals surface area contributed by atoms with Crippen LogP contribution in [0.4, 0.5) is 0 Å². The Labute approximate surface area is 240 Å². The molecule has 0 bridgehead atoms. The van der Waals surface area contributed by atoms with Gasteiger partial charge in [0, 0.05) is 0 Å². The molecule has 0 fully saturated rings. The lowest BCUT2D eigenvalue weighted by atomic mass is 9.13. The molecule has 0 saturated heterocycles. The summed E-state index contributed by atoms with van der Waals surface area (Å²) in [6.07, 6.45) is -1.22. The SMILES string of the molecule is C[P+](C)(c1ccccc1)c1ccccc1.c1ccc([B-](c2ccccc2)(c2ccccc2)c2ccccc2)cc1. The second kappa shape index (κ2) is 12.8. The minimum atomic E-state index is -1.22. The van der Waals surface area contributed by atoms with Gasteiger partial charge in [0.2, 0.25) is 0 Å². The normalized spacial score (nSPS) is 11.2. The number of hydrogen-bond donors (Lipinski definition) is 0. The Morgan fingerprint density at radius 2 is 0.500 bits per heavy atom. The summed E-state index contributed by atoms with van der Waals surface area (Å²) in [6.45, 7) is 4.75. The predicted octanol–water partition coefficient (Wildman–Crippen LogP) is 5.98. The lowest BCUT2D eigenvalue weighted by molar-refractivity contribution is 1.66. The Kier molecular flexibility index (Phi) is 8.75. The zero-order chi connectivity index (χ0) is 27.7. The average Bonchev–Trinajstić information content (AvgIpc) is 3.05. The fraction of sp³-hybridized carbons (Fsp3) is 0.0526. The van der Waals surface area contributed by atoms with Crippen LogP contribution in [0.3, 0.4) is 0 Å². The van der Waals surface area contributed by atoms with Crippen LogP contribution in [0.1, 0.15) is 0 Å². The highest BCUT2D eigenvalue weighted by atomic mass is 31.2. The molecule has 0 radical (unpaired) electrons. The van der Waals surface area contributed by atoms with E-state index in [-0.39, 0.29) is 0 Å². The molecule has 0 aromatic heterocycles. The van der Waals surface area contributed by atoms with Gasteiger partial charge in [0.05, 0.1) is 31.2 Å². The molecule has 6 aromatic carbocycles. The van der Waals surface area contributed by atoms with E-state index in [0.29, 0.717) is 0 Å². The molecule has 0 atom stereocenters. The maximum atomic E-state index is 2.37. The molecule has 0 aliphatic heterocycles. The van der Waals surface area contributed by atoms with E-state index in [1.807, 2.05) is 0 Å². The average molecular weight is 534 g/mol. The van der Waals surface area contributed by atoms with Crippen LogP contribution in [-0.4, -0.2) is 19.5 Å². The smallest absolute Gasteiger partial charge is 0.108 e. The second-order valence-corrected chi connectivity index (χ2v) is 14.6. The number of benzene rings is 6. The lowest BCUT2D eigenvalue weighted by Gasteiger charge is -2.44. The molecule has 0 N–H and O–H groups in total. The summed E-state index contributed by atoms with van der Waals surface area (Å²) in [4.78, 5) is 0. The maximum Gasteiger partial charge on any atom is 0.108 e. The van der Waals surface area contributed by atoms with E-state index in [9.17, 15) is 0 Å². The van der Waals surface area contributed by atoms with Gasteiger partial charge in [-0.25, -0.2) is 0 Å². The zero-order valence-corrected chi connectivity index (χ0v) is 24.2. The molecule has 0 saturated carbocycles. The third-order valence-electron chi connectivity index (χ3n) is 8.00. The van der Waals surface area contributed by atoms with Crippen molar-refractivity contribution < 1.29 is 0 Å². The van der Waals surface area contributed by atoms with E-state index in [4.69, 9.17) is 0 Å². The summed E-state index contributed by atoms with van der Waals surface area (Å²) in [5.41, 5.74) is 5.36. The molecule has 196 valence electrons. The first-order valence-electron chi connectivity index (χ1n) is 14.0. The molecule has 0 spiro atoms. The van der Waals surface area contributed by atoms with Crippen molar-refractivity contribution in [3.63, 3.8) is 0 Å². The lowest BCUT2D eigenvalue weighted by Crippen LogP contribution is -2.74. The van der Waals surface area contributed by atoms with Gasteiger partial charge in [-0.3, -0.25) is 0 Å². The molecule has 0 amide bonds. The topological polar surface area (TPSA) is 0 Å². The van der Waals surface area contributed by atoms with Gasteiger partial charge in [-0.15, -0.1) is 0 Å². The Morgan fingerprint density at radius 3 is 0.725 bits per heavy atom. The second-order valence-electron chi connectivity index (χ2n) is 10.6.